The van der Waals surface area contributed by atoms with Crippen LogP contribution in [0.15, 0.2) is 35.8 Å². The van der Waals surface area contributed by atoms with E-state index in [4.69, 9.17) is 0 Å². The third-order valence-corrected chi connectivity index (χ3v) is 3.86. The molecule has 0 aliphatic rings. The number of hydrogen-bond acceptors (Lipinski definition) is 3. The number of fused-ring (bicyclic) bond motifs is 1. The SMILES string of the molecule is Cc1csc(CNCc2ccc3[nH]ccc3c2)n1. The van der Waals surface area contributed by atoms with Gasteiger partial charge < -0.3 is 10.3 Å². The van der Waals surface area contributed by atoms with Crippen LogP contribution in [0.2, 0.25) is 0 Å². The van der Waals surface area contributed by atoms with Gasteiger partial charge in [0, 0.05) is 35.9 Å². The number of nitrogens with zero attached hydrogens (tertiary/aromatic N) is 1. The summed E-state index contributed by atoms with van der Waals surface area (Å²) in [6.07, 6.45) is 1.97. The highest BCUT2D eigenvalue weighted by atomic mass is 32.1. The Morgan fingerprint density at radius 3 is 3.06 bits per heavy atom. The Hall–Kier alpha value is -1.65. The first-order valence-corrected chi connectivity index (χ1v) is 6.87. The van der Waals surface area contributed by atoms with Crippen molar-refractivity contribution >= 4 is 22.2 Å². The van der Waals surface area contributed by atoms with E-state index in [1.165, 1.54) is 16.5 Å². The molecule has 0 aliphatic carbocycles. The van der Waals surface area contributed by atoms with Crippen LogP contribution in [0, 0.1) is 6.92 Å². The standard InChI is InChI=1S/C14H15N3S/c1-10-9-18-14(17-10)8-15-7-11-2-3-13-12(6-11)4-5-16-13/h2-6,9,15-16H,7-8H2,1H3. The highest BCUT2D eigenvalue weighted by Crippen LogP contribution is 2.14. The van der Waals surface area contributed by atoms with Crippen molar-refractivity contribution in [2.24, 2.45) is 0 Å². The Morgan fingerprint density at radius 2 is 2.22 bits per heavy atom. The highest BCUT2D eigenvalue weighted by molar-refractivity contribution is 7.09. The zero-order valence-electron chi connectivity index (χ0n) is 10.2. The molecule has 2 aromatic heterocycles. The van der Waals surface area contributed by atoms with Gasteiger partial charge in [-0.15, -0.1) is 11.3 Å². The zero-order chi connectivity index (χ0) is 12.4. The van der Waals surface area contributed by atoms with E-state index in [0.717, 1.165) is 23.8 Å². The number of H-pyrrole nitrogens is 1. The molecule has 3 nitrogen and oxygen atoms in total. The van der Waals surface area contributed by atoms with Crippen LogP contribution in [0.4, 0.5) is 0 Å². The Morgan fingerprint density at radius 1 is 1.28 bits per heavy atom. The van der Waals surface area contributed by atoms with Crippen molar-refractivity contribution in [1.82, 2.24) is 15.3 Å². The molecule has 3 rings (SSSR count). The minimum absolute atomic E-state index is 0.837. The Balaban J connectivity index is 1.62. The van der Waals surface area contributed by atoms with E-state index in [9.17, 15) is 0 Å². The van der Waals surface area contributed by atoms with Crippen molar-refractivity contribution in [3.8, 4) is 0 Å². The number of rotatable bonds is 4. The first-order chi connectivity index (χ1) is 8.81. The average molecular weight is 257 g/mol. The van der Waals surface area contributed by atoms with E-state index in [1.54, 1.807) is 11.3 Å². The summed E-state index contributed by atoms with van der Waals surface area (Å²) in [6, 6.07) is 8.59. The van der Waals surface area contributed by atoms with Crippen LogP contribution in [0.1, 0.15) is 16.3 Å². The van der Waals surface area contributed by atoms with Crippen molar-refractivity contribution in [2.75, 3.05) is 0 Å². The van der Waals surface area contributed by atoms with Crippen LogP contribution < -0.4 is 5.32 Å². The van der Waals surface area contributed by atoms with Crippen LogP contribution in [-0.4, -0.2) is 9.97 Å². The Kier molecular flexibility index (Phi) is 3.13. The number of nitrogens with one attached hydrogen (secondary N) is 2. The molecule has 1 aromatic carbocycles. The Labute approximate surface area is 110 Å². The molecule has 0 fully saturated rings. The van der Waals surface area contributed by atoms with Crippen LogP contribution in [0.3, 0.4) is 0 Å². The maximum absolute atomic E-state index is 4.43. The maximum Gasteiger partial charge on any atom is 0.107 e. The summed E-state index contributed by atoms with van der Waals surface area (Å²) in [5, 5.41) is 7.92. The smallest absolute Gasteiger partial charge is 0.107 e. The summed E-state index contributed by atoms with van der Waals surface area (Å²) in [6.45, 7) is 3.74. The van der Waals surface area contributed by atoms with Gasteiger partial charge in [0.1, 0.15) is 5.01 Å². The topological polar surface area (TPSA) is 40.7 Å². The second-order valence-corrected chi connectivity index (χ2v) is 5.33. The first kappa shape index (κ1) is 11.4. The van der Waals surface area contributed by atoms with Crippen molar-refractivity contribution in [1.29, 1.82) is 0 Å². The monoisotopic (exact) mass is 257 g/mol. The van der Waals surface area contributed by atoms with Gasteiger partial charge in [-0.2, -0.15) is 0 Å². The molecule has 0 aliphatic heterocycles. The van der Waals surface area contributed by atoms with Gasteiger partial charge >= 0.3 is 0 Å². The normalized spacial score (nSPS) is 11.2. The molecule has 0 radical (unpaired) electrons. The molecule has 0 spiro atoms. The minimum atomic E-state index is 0.837. The summed E-state index contributed by atoms with van der Waals surface area (Å²) in [5.74, 6) is 0. The summed E-state index contributed by atoms with van der Waals surface area (Å²) in [7, 11) is 0. The molecule has 0 unspecified atom stereocenters. The minimum Gasteiger partial charge on any atom is -0.361 e. The van der Waals surface area contributed by atoms with Gasteiger partial charge in [-0.25, -0.2) is 4.98 Å². The number of aromatic amines is 1. The van der Waals surface area contributed by atoms with Gasteiger partial charge in [0.05, 0.1) is 0 Å². The van der Waals surface area contributed by atoms with Gasteiger partial charge in [0.25, 0.3) is 0 Å². The largest absolute Gasteiger partial charge is 0.361 e. The lowest BCUT2D eigenvalue weighted by atomic mass is 10.1. The fourth-order valence-corrected chi connectivity index (χ4v) is 2.75. The predicted octanol–water partition coefficient (Wildman–Crippen LogP) is 3.22. The summed E-state index contributed by atoms with van der Waals surface area (Å²) < 4.78 is 0. The summed E-state index contributed by atoms with van der Waals surface area (Å²) in [5.41, 5.74) is 3.59. The molecule has 4 heteroatoms. The maximum atomic E-state index is 4.43. The molecule has 0 bridgehead atoms. The zero-order valence-corrected chi connectivity index (χ0v) is 11.1. The molecule has 3 aromatic rings. The van der Waals surface area contributed by atoms with Crippen molar-refractivity contribution < 1.29 is 0 Å². The molecule has 0 atom stereocenters. The van der Waals surface area contributed by atoms with Crippen LogP contribution >= 0.6 is 11.3 Å². The molecule has 92 valence electrons. The van der Waals surface area contributed by atoms with E-state index < -0.39 is 0 Å². The summed E-state index contributed by atoms with van der Waals surface area (Å²) >= 11 is 1.71. The lowest BCUT2D eigenvalue weighted by Crippen LogP contribution is -2.12. The number of benzene rings is 1. The van der Waals surface area contributed by atoms with Gasteiger partial charge in [-0.3, -0.25) is 0 Å². The van der Waals surface area contributed by atoms with Gasteiger partial charge in [-0.1, -0.05) is 6.07 Å². The molecule has 2 heterocycles. The van der Waals surface area contributed by atoms with E-state index in [-0.39, 0.29) is 0 Å². The molecule has 0 amide bonds. The first-order valence-electron chi connectivity index (χ1n) is 5.99. The third-order valence-electron chi connectivity index (χ3n) is 2.89. The number of aryl methyl sites for hydroxylation is 1. The average Bonchev–Trinajstić information content (AvgIpc) is 2.97. The van der Waals surface area contributed by atoms with Gasteiger partial charge in [-0.05, 0) is 36.1 Å². The highest BCUT2D eigenvalue weighted by Gasteiger charge is 2.00. The molecular formula is C14H15N3S. The van der Waals surface area contributed by atoms with E-state index in [1.807, 2.05) is 13.1 Å². The molecular weight excluding hydrogens is 242 g/mol. The quantitative estimate of drug-likeness (QED) is 0.753. The van der Waals surface area contributed by atoms with E-state index in [2.05, 4.69) is 44.9 Å². The van der Waals surface area contributed by atoms with Crippen LogP contribution in [0.25, 0.3) is 10.9 Å². The second-order valence-electron chi connectivity index (χ2n) is 4.39. The van der Waals surface area contributed by atoms with E-state index >= 15 is 0 Å². The molecule has 0 saturated carbocycles. The van der Waals surface area contributed by atoms with Crippen LogP contribution in [-0.2, 0) is 13.1 Å². The van der Waals surface area contributed by atoms with Gasteiger partial charge in [0.2, 0.25) is 0 Å². The fourth-order valence-electron chi connectivity index (χ4n) is 2.01. The van der Waals surface area contributed by atoms with Gasteiger partial charge in [0.15, 0.2) is 0 Å². The van der Waals surface area contributed by atoms with E-state index in [0.29, 0.717) is 0 Å². The van der Waals surface area contributed by atoms with Crippen molar-refractivity contribution in [3.05, 3.63) is 52.1 Å². The van der Waals surface area contributed by atoms with Crippen LogP contribution in [0.5, 0.6) is 0 Å². The lowest BCUT2D eigenvalue weighted by Gasteiger charge is -2.03. The number of hydrogen-bond donors (Lipinski definition) is 2. The number of aromatic nitrogens is 2. The number of thiazole rings is 1. The third kappa shape index (κ3) is 2.44. The predicted molar refractivity (Wildman–Crippen MR) is 75.7 cm³/mol. The molecule has 18 heavy (non-hydrogen) atoms. The molecule has 0 saturated heterocycles. The lowest BCUT2D eigenvalue weighted by molar-refractivity contribution is 0.689. The van der Waals surface area contributed by atoms with Crippen molar-refractivity contribution in [2.45, 2.75) is 20.0 Å². The Bertz CT molecular complexity index is 654. The second kappa shape index (κ2) is 4.92. The van der Waals surface area contributed by atoms with Crippen molar-refractivity contribution in [3.63, 3.8) is 0 Å². The summed E-state index contributed by atoms with van der Waals surface area (Å²) in [4.78, 5) is 7.64. The molecule has 2 N–H and O–H groups in total. The fraction of sp³-hybridized carbons (Fsp3) is 0.214.